The van der Waals surface area contributed by atoms with Crippen LogP contribution in [0.3, 0.4) is 0 Å². The first-order valence-corrected chi connectivity index (χ1v) is 3.46. The predicted molar refractivity (Wildman–Crippen MR) is 41.5 cm³/mol. The quantitative estimate of drug-likeness (QED) is 0.633. The second kappa shape index (κ2) is 4.49. The lowest BCUT2D eigenvalue weighted by atomic mass is 10.2. The number of hydrogen-bond donors (Lipinski definition) is 0. The van der Waals surface area contributed by atoms with Crippen LogP contribution in [0.25, 0.3) is 0 Å². The Morgan fingerprint density at radius 3 is 2.50 bits per heavy atom. The first-order chi connectivity index (χ1) is 5.79. The zero-order chi connectivity index (χ0) is 8.81. The smallest absolute Gasteiger partial charge is 0.304 e. The van der Waals surface area contributed by atoms with Crippen molar-refractivity contribution in [3.63, 3.8) is 0 Å². The molecule has 12 heavy (non-hydrogen) atoms. The molecule has 0 bridgehead atoms. The average Bonchev–Trinajstić information content (AvgIpc) is 2.05. The lowest BCUT2D eigenvalue weighted by Gasteiger charge is -1.98. The van der Waals surface area contributed by atoms with E-state index in [4.69, 9.17) is 0 Å². The van der Waals surface area contributed by atoms with Crippen molar-refractivity contribution in [2.24, 2.45) is 0 Å². The molecule has 0 amide bonds. The molecule has 0 radical (unpaired) electrons. The second-order valence-corrected chi connectivity index (χ2v) is 2.20. The number of benzene rings is 1. The van der Waals surface area contributed by atoms with Gasteiger partial charge in [0.2, 0.25) is 0 Å². The Morgan fingerprint density at radius 1 is 1.25 bits per heavy atom. The molecule has 1 aromatic carbocycles. The van der Waals surface area contributed by atoms with Crippen molar-refractivity contribution in [3.8, 4) is 0 Å². The molecule has 0 atom stereocenters. The molecule has 0 saturated heterocycles. The highest BCUT2D eigenvalue weighted by atomic mass is 19.3. The van der Waals surface area contributed by atoms with Gasteiger partial charge in [-0.3, -0.25) is 0 Å². The Hall–Kier alpha value is -1.38. The van der Waals surface area contributed by atoms with Gasteiger partial charge in [-0.15, -0.1) is 0 Å². The molecule has 1 aromatic rings. The van der Waals surface area contributed by atoms with Gasteiger partial charge >= 0.3 is 6.08 Å². The van der Waals surface area contributed by atoms with Crippen molar-refractivity contribution >= 4 is 0 Å². The van der Waals surface area contributed by atoms with E-state index in [1.807, 2.05) is 30.3 Å². The summed E-state index contributed by atoms with van der Waals surface area (Å²) in [6.07, 6.45) is -1.36. The Balaban J connectivity index is 2.39. The van der Waals surface area contributed by atoms with E-state index >= 15 is 0 Å². The van der Waals surface area contributed by atoms with Crippen LogP contribution in [0, 0.1) is 0 Å². The molecule has 1 rings (SSSR count). The van der Waals surface area contributed by atoms with E-state index in [-0.39, 0.29) is 6.61 Å². The van der Waals surface area contributed by atoms with Crippen molar-refractivity contribution in [2.75, 3.05) is 0 Å². The number of hydrogen-bond acceptors (Lipinski definition) is 1. The Labute approximate surface area is 69.3 Å². The molecule has 0 saturated carbocycles. The van der Waals surface area contributed by atoms with Gasteiger partial charge in [0.15, 0.2) is 0 Å². The molecule has 0 heterocycles. The van der Waals surface area contributed by atoms with Crippen LogP contribution in [0.4, 0.5) is 8.78 Å². The van der Waals surface area contributed by atoms with Crippen molar-refractivity contribution in [1.82, 2.24) is 0 Å². The van der Waals surface area contributed by atoms with Crippen LogP contribution >= 0.6 is 0 Å². The maximum Gasteiger partial charge on any atom is 0.304 e. The third-order valence-electron chi connectivity index (χ3n) is 1.27. The van der Waals surface area contributed by atoms with Gasteiger partial charge in [0.1, 0.15) is 12.9 Å². The zero-order valence-corrected chi connectivity index (χ0v) is 6.34. The van der Waals surface area contributed by atoms with Crippen LogP contribution in [0.1, 0.15) is 5.56 Å². The average molecular weight is 170 g/mol. The second-order valence-electron chi connectivity index (χ2n) is 2.20. The number of rotatable bonds is 3. The summed E-state index contributed by atoms with van der Waals surface area (Å²) < 4.78 is 27.5. The minimum atomic E-state index is -1.81. The molecule has 0 aromatic heterocycles. The lowest BCUT2D eigenvalue weighted by molar-refractivity contribution is 0.213. The standard InChI is InChI=1S/C9H8F2O/c10-9(11)7-12-6-8-4-2-1-3-5-8/h1-5,7H,6H2. The fraction of sp³-hybridized carbons (Fsp3) is 0.111. The normalized spacial score (nSPS) is 9.17. The molecule has 0 aliphatic rings. The Morgan fingerprint density at radius 2 is 1.92 bits per heavy atom. The van der Waals surface area contributed by atoms with Crippen molar-refractivity contribution < 1.29 is 13.5 Å². The Bertz CT molecular complexity index is 252. The molecule has 0 aliphatic carbocycles. The fourth-order valence-electron chi connectivity index (χ4n) is 0.775. The maximum absolute atomic E-state index is 11.5. The van der Waals surface area contributed by atoms with E-state index in [0.29, 0.717) is 6.26 Å². The third kappa shape index (κ3) is 3.14. The Kier molecular flexibility index (Phi) is 3.26. The third-order valence-corrected chi connectivity index (χ3v) is 1.27. The van der Waals surface area contributed by atoms with Gasteiger partial charge in [0, 0.05) is 0 Å². The molecule has 1 nitrogen and oxygen atoms in total. The molecular weight excluding hydrogens is 162 g/mol. The summed E-state index contributed by atoms with van der Waals surface area (Å²) in [5.41, 5.74) is 0.870. The minimum absolute atomic E-state index is 0.179. The van der Waals surface area contributed by atoms with Crippen molar-refractivity contribution in [1.29, 1.82) is 0 Å². The molecule has 0 N–H and O–H groups in total. The van der Waals surface area contributed by atoms with E-state index in [1.54, 1.807) is 0 Å². The van der Waals surface area contributed by atoms with Crippen LogP contribution < -0.4 is 0 Å². The molecule has 0 unspecified atom stereocenters. The highest BCUT2D eigenvalue weighted by Gasteiger charge is 1.90. The molecule has 0 spiro atoms. The topological polar surface area (TPSA) is 9.23 Å². The van der Waals surface area contributed by atoms with E-state index < -0.39 is 6.08 Å². The van der Waals surface area contributed by atoms with Gasteiger partial charge in [-0.2, -0.15) is 8.78 Å². The van der Waals surface area contributed by atoms with Crippen LogP contribution in [0.15, 0.2) is 42.7 Å². The maximum atomic E-state index is 11.5. The van der Waals surface area contributed by atoms with Gasteiger partial charge in [-0.1, -0.05) is 30.3 Å². The van der Waals surface area contributed by atoms with E-state index in [0.717, 1.165) is 5.56 Å². The summed E-state index contributed by atoms with van der Waals surface area (Å²) in [7, 11) is 0. The highest BCUT2D eigenvalue weighted by Crippen LogP contribution is 2.03. The lowest BCUT2D eigenvalue weighted by Crippen LogP contribution is -1.84. The summed E-state index contributed by atoms with van der Waals surface area (Å²) in [5, 5.41) is 0. The van der Waals surface area contributed by atoms with Crippen LogP contribution in [-0.2, 0) is 11.3 Å². The summed E-state index contributed by atoms with van der Waals surface area (Å²) in [5.74, 6) is 0. The van der Waals surface area contributed by atoms with Crippen LogP contribution in [0.2, 0.25) is 0 Å². The van der Waals surface area contributed by atoms with Crippen molar-refractivity contribution in [3.05, 3.63) is 48.2 Å². The van der Waals surface area contributed by atoms with Gasteiger partial charge in [0.05, 0.1) is 0 Å². The summed E-state index contributed by atoms with van der Waals surface area (Å²) in [6.45, 7) is 0.179. The largest absolute Gasteiger partial charge is 0.491 e. The summed E-state index contributed by atoms with van der Waals surface area (Å²) in [4.78, 5) is 0. The molecule has 0 aliphatic heterocycles. The van der Waals surface area contributed by atoms with Gasteiger partial charge in [0.25, 0.3) is 0 Å². The first-order valence-electron chi connectivity index (χ1n) is 3.46. The predicted octanol–water partition coefficient (Wildman–Crippen LogP) is 2.94. The number of halogens is 2. The summed E-state index contributed by atoms with van der Waals surface area (Å²) in [6, 6.07) is 9.13. The first kappa shape index (κ1) is 8.71. The van der Waals surface area contributed by atoms with Crippen LogP contribution in [-0.4, -0.2) is 0 Å². The molecule has 0 fully saturated rings. The molecule has 64 valence electrons. The monoisotopic (exact) mass is 170 g/mol. The van der Waals surface area contributed by atoms with Crippen LogP contribution in [0.5, 0.6) is 0 Å². The van der Waals surface area contributed by atoms with Gasteiger partial charge in [-0.25, -0.2) is 0 Å². The summed E-state index contributed by atoms with van der Waals surface area (Å²) >= 11 is 0. The molecule has 3 heteroatoms. The fourth-order valence-corrected chi connectivity index (χ4v) is 0.775. The SMILES string of the molecule is FC(F)=COCc1ccccc1. The van der Waals surface area contributed by atoms with E-state index in [2.05, 4.69) is 4.74 Å². The van der Waals surface area contributed by atoms with E-state index in [1.165, 1.54) is 0 Å². The highest BCUT2D eigenvalue weighted by molar-refractivity contribution is 5.13. The molecular formula is C9H8F2O. The zero-order valence-electron chi connectivity index (χ0n) is 6.34. The minimum Gasteiger partial charge on any atom is -0.491 e. The van der Waals surface area contributed by atoms with E-state index in [9.17, 15) is 8.78 Å². The van der Waals surface area contributed by atoms with Gasteiger partial charge in [-0.05, 0) is 5.56 Å². The number of ether oxygens (including phenoxy) is 1. The van der Waals surface area contributed by atoms with Gasteiger partial charge < -0.3 is 4.74 Å². The van der Waals surface area contributed by atoms with Crippen molar-refractivity contribution in [2.45, 2.75) is 6.61 Å².